The standard InChI is InChI=1S/C19H24Cl2N2O/c1-2-24-19-6-4-3-5-16(19)14-23-12-11-22-10-9-15-7-8-17(20)13-18(15)21/h3-8,13,22-23H,2,9-12,14H2,1H3. The molecule has 0 aliphatic carbocycles. The SMILES string of the molecule is CCOc1ccccc1CNCCNCCc1ccc(Cl)cc1Cl. The van der Waals surface area contributed by atoms with Gasteiger partial charge in [-0.2, -0.15) is 0 Å². The third kappa shape index (κ3) is 6.33. The number of hydrogen-bond acceptors (Lipinski definition) is 3. The molecule has 130 valence electrons. The van der Waals surface area contributed by atoms with Gasteiger partial charge in [-0.3, -0.25) is 0 Å². The first-order valence-corrected chi connectivity index (χ1v) is 9.02. The lowest BCUT2D eigenvalue weighted by atomic mass is 10.1. The summed E-state index contributed by atoms with van der Waals surface area (Å²) in [5.41, 5.74) is 2.31. The summed E-state index contributed by atoms with van der Waals surface area (Å²) in [5, 5.41) is 8.25. The maximum Gasteiger partial charge on any atom is 0.123 e. The second-order valence-corrected chi connectivity index (χ2v) is 6.30. The summed E-state index contributed by atoms with van der Waals surface area (Å²) in [5.74, 6) is 0.956. The minimum absolute atomic E-state index is 0.674. The van der Waals surface area contributed by atoms with Crippen molar-refractivity contribution in [1.29, 1.82) is 0 Å². The van der Waals surface area contributed by atoms with Gasteiger partial charge in [0.05, 0.1) is 6.61 Å². The zero-order chi connectivity index (χ0) is 17.2. The average molecular weight is 367 g/mol. The van der Waals surface area contributed by atoms with E-state index in [1.165, 1.54) is 5.56 Å². The van der Waals surface area contributed by atoms with Crippen molar-refractivity contribution >= 4 is 23.2 Å². The average Bonchev–Trinajstić information content (AvgIpc) is 2.57. The zero-order valence-electron chi connectivity index (χ0n) is 13.9. The Morgan fingerprint density at radius 2 is 1.71 bits per heavy atom. The molecule has 0 aromatic heterocycles. The summed E-state index contributed by atoms with van der Waals surface area (Å²) in [6.07, 6.45) is 0.892. The number of benzene rings is 2. The third-order valence-electron chi connectivity index (χ3n) is 3.65. The van der Waals surface area contributed by atoms with Gasteiger partial charge in [0.15, 0.2) is 0 Å². The maximum absolute atomic E-state index is 6.16. The van der Waals surface area contributed by atoms with Gasteiger partial charge in [-0.05, 0) is 43.7 Å². The van der Waals surface area contributed by atoms with Crippen LogP contribution in [0.4, 0.5) is 0 Å². The Bertz CT molecular complexity index is 635. The molecule has 0 bridgehead atoms. The largest absolute Gasteiger partial charge is 0.494 e. The molecule has 0 saturated heterocycles. The highest BCUT2D eigenvalue weighted by molar-refractivity contribution is 6.35. The molecule has 0 spiro atoms. The molecule has 0 heterocycles. The van der Waals surface area contributed by atoms with Crippen LogP contribution in [0, 0.1) is 0 Å². The fraction of sp³-hybridized carbons (Fsp3) is 0.368. The smallest absolute Gasteiger partial charge is 0.123 e. The van der Waals surface area contributed by atoms with E-state index in [0.717, 1.165) is 48.9 Å². The molecule has 0 amide bonds. The van der Waals surface area contributed by atoms with E-state index < -0.39 is 0 Å². The number of nitrogens with one attached hydrogen (secondary N) is 2. The summed E-state index contributed by atoms with van der Waals surface area (Å²) in [4.78, 5) is 0. The molecule has 3 nitrogen and oxygen atoms in total. The van der Waals surface area contributed by atoms with Crippen molar-refractivity contribution in [2.75, 3.05) is 26.2 Å². The summed E-state index contributed by atoms with van der Waals surface area (Å²) in [7, 11) is 0. The van der Waals surface area contributed by atoms with Crippen LogP contribution >= 0.6 is 23.2 Å². The first kappa shape index (κ1) is 19.1. The Morgan fingerprint density at radius 1 is 0.917 bits per heavy atom. The van der Waals surface area contributed by atoms with Gasteiger partial charge in [0.2, 0.25) is 0 Å². The number of halogens is 2. The lowest BCUT2D eigenvalue weighted by Gasteiger charge is -2.11. The van der Waals surface area contributed by atoms with Crippen molar-refractivity contribution in [3.8, 4) is 5.75 Å². The van der Waals surface area contributed by atoms with Gasteiger partial charge in [0.25, 0.3) is 0 Å². The van der Waals surface area contributed by atoms with E-state index in [0.29, 0.717) is 11.6 Å². The van der Waals surface area contributed by atoms with Crippen LogP contribution in [-0.2, 0) is 13.0 Å². The number of rotatable bonds is 10. The highest BCUT2D eigenvalue weighted by Gasteiger charge is 2.02. The third-order valence-corrected chi connectivity index (χ3v) is 4.24. The minimum atomic E-state index is 0.674. The molecular formula is C19H24Cl2N2O. The predicted molar refractivity (Wildman–Crippen MR) is 102 cm³/mol. The van der Waals surface area contributed by atoms with E-state index in [4.69, 9.17) is 27.9 Å². The van der Waals surface area contributed by atoms with E-state index in [1.54, 1.807) is 6.07 Å². The van der Waals surface area contributed by atoms with E-state index in [2.05, 4.69) is 16.7 Å². The van der Waals surface area contributed by atoms with Gasteiger partial charge in [-0.25, -0.2) is 0 Å². The van der Waals surface area contributed by atoms with Crippen LogP contribution < -0.4 is 15.4 Å². The minimum Gasteiger partial charge on any atom is -0.494 e. The molecular weight excluding hydrogens is 343 g/mol. The number of hydrogen-bond donors (Lipinski definition) is 2. The maximum atomic E-state index is 6.16. The van der Waals surface area contributed by atoms with Crippen molar-refractivity contribution in [3.63, 3.8) is 0 Å². The fourth-order valence-electron chi connectivity index (χ4n) is 2.42. The normalized spacial score (nSPS) is 10.8. The summed E-state index contributed by atoms with van der Waals surface area (Å²) in [6, 6.07) is 13.8. The van der Waals surface area contributed by atoms with Crippen LogP contribution in [-0.4, -0.2) is 26.2 Å². The van der Waals surface area contributed by atoms with Crippen molar-refractivity contribution in [3.05, 3.63) is 63.6 Å². The molecule has 0 atom stereocenters. The molecule has 0 fully saturated rings. The molecule has 2 rings (SSSR count). The second-order valence-electron chi connectivity index (χ2n) is 5.45. The van der Waals surface area contributed by atoms with Crippen molar-refractivity contribution < 1.29 is 4.74 Å². The Morgan fingerprint density at radius 3 is 2.50 bits per heavy atom. The lowest BCUT2D eigenvalue weighted by molar-refractivity contribution is 0.335. The van der Waals surface area contributed by atoms with Gasteiger partial charge in [0, 0.05) is 35.2 Å². The molecule has 2 aromatic rings. The monoisotopic (exact) mass is 366 g/mol. The Kier molecular flexibility index (Phi) is 8.40. The molecule has 0 saturated carbocycles. The van der Waals surface area contributed by atoms with Gasteiger partial charge in [-0.1, -0.05) is 47.5 Å². The van der Waals surface area contributed by atoms with Crippen molar-refractivity contribution in [2.24, 2.45) is 0 Å². The Balaban J connectivity index is 1.62. The van der Waals surface area contributed by atoms with Crippen LogP contribution in [0.1, 0.15) is 18.1 Å². The highest BCUT2D eigenvalue weighted by atomic mass is 35.5. The zero-order valence-corrected chi connectivity index (χ0v) is 15.5. The van der Waals surface area contributed by atoms with Gasteiger partial charge in [-0.15, -0.1) is 0 Å². The molecule has 5 heteroatoms. The van der Waals surface area contributed by atoms with E-state index in [1.807, 2.05) is 37.3 Å². The van der Waals surface area contributed by atoms with Crippen LogP contribution in [0.3, 0.4) is 0 Å². The first-order chi connectivity index (χ1) is 11.7. The van der Waals surface area contributed by atoms with E-state index in [-0.39, 0.29) is 0 Å². The lowest BCUT2D eigenvalue weighted by Crippen LogP contribution is -2.28. The molecule has 0 aliphatic heterocycles. The Labute approximate surface area is 154 Å². The molecule has 2 aromatic carbocycles. The molecule has 0 radical (unpaired) electrons. The van der Waals surface area contributed by atoms with Crippen LogP contribution in [0.5, 0.6) is 5.75 Å². The highest BCUT2D eigenvalue weighted by Crippen LogP contribution is 2.21. The molecule has 0 unspecified atom stereocenters. The van der Waals surface area contributed by atoms with E-state index in [9.17, 15) is 0 Å². The topological polar surface area (TPSA) is 33.3 Å². The molecule has 0 aliphatic rings. The van der Waals surface area contributed by atoms with Crippen LogP contribution in [0.25, 0.3) is 0 Å². The van der Waals surface area contributed by atoms with Crippen LogP contribution in [0.2, 0.25) is 10.0 Å². The van der Waals surface area contributed by atoms with E-state index >= 15 is 0 Å². The predicted octanol–water partition coefficient (Wildman–Crippen LogP) is 4.31. The first-order valence-electron chi connectivity index (χ1n) is 8.26. The molecule has 24 heavy (non-hydrogen) atoms. The van der Waals surface area contributed by atoms with Gasteiger partial charge >= 0.3 is 0 Å². The second kappa shape index (κ2) is 10.6. The molecule has 2 N–H and O–H groups in total. The Hall–Kier alpha value is -1.26. The number of para-hydroxylation sites is 1. The van der Waals surface area contributed by atoms with Gasteiger partial charge < -0.3 is 15.4 Å². The summed E-state index contributed by atoms with van der Waals surface area (Å²) < 4.78 is 5.62. The summed E-state index contributed by atoms with van der Waals surface area (Å²) in [6.45, 7) is 6.18. The van der Waals surface area contributed by atoms with Crippen LogP contribution in [0.15, 0.2) is 42.5 Å². The van der Waals surface area contributed by atoms with Crippen molar-refractivity contribution in [1.82, 2.24) is 10.6 Å². The fourth-order valence-corrected chi connectivity index (χ4v) is 2.92. The van der Waals surface area contributed by atoms with Gasteiger partial charge in [0.1, 0.15) is 5.75 Å². The quantitative estimate of drug-likeness (QED) is 0.614. The number of ether oxygens (including phenoxy) is 1. The summed E-state index contributed by atoms with van der Waals surface area (Å²) >= 11 is 12.1. The van der Waals surface area contributed by atoms with Crippen molar-refractivity contribution in [2.45, 2.75) is 19.9 Å².